The van der Waals surface area contributed by atoms with E-state index in [9.17, 15) is 9.90 Å². The molecule has 0 saturated heterocycles. The molecule has 4 aliphatic rings. The van der Waals surface area contributed by atoms with Crippen LogP contribution in [0.4, 0.5) is 0 Å². The molecule has 0 aliphatic heterocycles. The SMILES string of the molecule is CC(=O)[C@@]1(C)CC[C@H]2[C@@H]3CC=C4C[C@](O)(OCc5ccc(C)cc5)CC[C@]4(C)[C@H]3CC[C@@]21C. The molecule has 5 rings (SSSR count). The summed E-state index contributed by atoms with van der Waals surface area (Å²) in [6.45, 7) is 11.5. The number of carbonyl (C=O) groups excluding carboxylic acids is 1. The van der Waals surface area contributed by atoms with E-state index in [1.807, 2.05) is 6.92 Å². The molecule has 0 heterocycles. The first-order valence-electron chi connectivity index (χ1n) is 13.1. The first kappa shape index (κ1) is 23.3. The minimum atomic E-state index is -1.06. The van der Waals surface area contributed by atoms with Gasteiger partial charge in [0.25, 0.3) is 0 Å². The van der Waals surface area contributed by atoms with Crippen LogP contribution in [0.3, 0.4) is 0 Å². The van der Waals surface area contributed by atoms with Gasteiger partial charge in [0, 0.05) is 18.3 Å². The molecule has 3 saturated carbocycles. The van der Waals surface area contributed by atoms with Crippen molar-refractivity contribution in [3.8, 4) is 0 Å². The Bertz CT molecular complexity index is 963. The Hall–Kier alpha value is -1.45. The highest BCUT2D eigenvalue weighted by atomic mass is 16.6. The number of fused-ring (bicyclic) bond motifs is 5. The van der Waals surface area contributed by atoms with E-state index in [4.69, 9.17) is 4.74 Å². The lowest BCUT2D eigenvalue weighted by Crippen LogP contribution is -2.54. The van der Waals surface area contributed by atoms with E-state index in [1.165, 1.54) is 24.0 Å². The Balaban J connectivity index is 1.34. The van der Waals surface area contributed by atoms with Gasteiger partial charge in [-0.25, -0.2) is 0 Å². The van der Waals surface area contributed by atoms with E-state index in [2.05, 4.69) is 58.0 Å². The van der Waals surface area contributed by atoms with Gasteiger partial charge in [0.05, 0.1) is 6.61 Å². The number of ether oxygens (including phenoxy) is 1. The number of hydrogen-bond donors (Lipinski definition) is 1. The van der Waals surface area contributed by atoms with Gasteiger partial charge in [-0.1, -0.05) is 62.2 Å². The molecule has 0 unspecified atom stereocenters. The molecule has 3 heteroatoms. The Kier molecular flexibility index (Phi) is 5.49. The highest BCUT2D eigenvalue weighted by molar-refractivity contribution is 5.83. The zero-order valence-electron chi connectivity index (χ0n) is 21.2. The first-order chi connectivity index (χ1) is 15.5. The number of ketones is 1. The number of hydrogen-bond acceptors (Lipinski definition) is 3. The number of carbonyl (C=O) groups is 1. The van der Waals surface area contributed by atoms with Crippen molar-refractivity contribution in [2.24, 2.45) is 34.0 Å². The molecule has 1 N–H and O–H groups in total. The van der Waals surface area contributed by atoms with Crippen LogP contribution >= 0.6 is 0 Å². The van der Waals surface area contributed by atoms with Crippen molar-refractivity contribution in [1.82, 2.24) is 0 Å². The Morgan fingerprint density at radius 3 is 2.42 bits per heavy atom. The Morgan fingerprint density at radius 2 is 1.73 bits per heavy atom. The van der Waals surface area contributed by atoms with Crippen molar-refractivity contribution in [1.29, 1.82) is 0 Å². The van der Waals surface area contributed by atoms with Crippen LogP contribution in [0.5, 0.6) is 0 Å². The van der Waals surface area contributed by atoms with Crippen LogP contribution in [0.15, 0.2) is 35.9 Å². The van der Waals surface area contributed by atoms with E-state index in [0.29, 0.717) is 43.0 Å². The average molecular weight is 451 g/mol. The smallest absolute Gasteiger partial charge is 0.169 e. The first-order valence-corrected chi connectivity index (χ1v) is 13.1. The lowest BCUT2D eigenvalue weighted by molar-refractivity contribution is -0.231. The zero-order valence-corrected chi connectivity index (χ0v) is 21.2. The van der Waals surface area contributed by atoms with Crippen LogP contribution in [0.2, 0.25) is 0 Å². The molecule has 4 aliphatic carbocycles. The van der Waals surface area contributed by atoms with Crippen molar-refractivity contribution in [3.05, 3.63) is 47.0 Å². The summed E-state index contributed by atoms with van der Waals surface area (Å²) in [6, 6.07) is 8.37. The van der Waals surface area contributed by atoms with Gasteiger partial charge in [0.15, 0.2) is 5.79 Å². The van der Waals surface area contributed by atoms with Gasteiger partial charge in [0.2, 0.25) is 0 Å². The second-order valence-corrected chi connectivity index (χ2v) is 12.5. The predicted octanol–water partition coefficient (Wildman–Crippen LogP) is 6.76. The van der Waals surface area contributed by atoms with E-state index >= 15 is 0 Å². The molecule has 0 spiro atoms. The summed E-state index contributed by atoms with van der Waals surface area (Å²) < 4.78 is 6.14. The molecule has 33 heavy (non-hydrogen) atoms. The Morgan fingerprint density at radius 1 is 1.03 bits per heavy atom. The zero-order chi connectivity index (χ0) is 23.6. The number of rotatable bonds is 4. The minimum absolute atomic E-state index is 0.133. The molecule has 3 nitrogen and oxygen atoms in total. The molecule has 0 bridgehead atoms. The largest absolute Gasteiger partial charge is 0.365 e. The fourth-order valence-corrected chi connectivity index (χ4v) is 8.49. The van der Waals surface area contributed by atoms with E-state index < -0.39 is 5.79 Å². The molecule has 0 radical (unpaired) electrons. The topological polar surface area (TPSA) is 46.5 Å². The van der Waals surface area contributed by atoms with Crippen LogP contribution in [0.1, 0.15) is 90.2 Å². The normalized spacial score (nSPS) is 44.4. The van der Waals surface area contributed by atoms with Crippen LogP contribution in [-0.4, -0.2) is 16.7 Å². The van der Waals surface area contributed by atoms with Crippen LogP contribution in [0.25, 0.3) is 0 Å². The molecule has 1 aromatic carbocycles. The number of aryl methyl sites for hydroxylation is 1. The molecule has 180 valence electrons. The summed E-state index contributed by atoms with van der Waals surface area (Å²) in [5, 5.41) is 11.4. The predicted molar refractivity (Wildman–Crippen MR) is 131 cm³/mol. The molecular weight excluding hydrogens is 408 g/mol. The monoisotopic (exact) mass is 450 g/mol. The van der Waals surface area contributed by atoms with Gasteiger partial charge in [0.1, 0.15) is 5.78 Å². The highest BCUT2D eigenvalue weighted by Crippen LogP contribution is 2.70. The van der Waals surface area contributed by atoms with Crippen LogP contribution < -0.4 is 0 Å². The van der Waals surface area contributed by atoms with E-state index in [1.54, 1.807) is 0 Å². The third-order valence-corrected chi connectivity index (χ3v) is 11.1. The fraction of sp³-hybridized carbons (Fsp3) is 0.700. The summed E-state index contributed by atoms with van der Waals surface area (Å²) in [7, 11) is 0. The lowest BCUT2D eigenvalue weighted by Gasteiger charge is -2.60. The van der Waals surface area contributed by atoms with Gasteiger partial charge in [-0.2, -0.15) is 0 Å². The number of benzene rings is 1. The summed E-state index contributed by atoms with van der Waals surface area (Å²) in [5.74, 6) is 1.29. The van der Waals surface area contributed by atoms with Crippen molar-refractivity contribution < 1.29 is 14.6 Å². The molecule has 0 aromatic heterocycles. The Labute approximate surface area is 200 Å². The lowest BCUT2D eigenvalue weighted by atomic mass is 9.45. The van der Waals surface area contributed by atoms with Gasteiger partial charge in [-0.15, -0.1) is 0 Å². The van der Waals surface area contributed by atoms with Crippen molar-refractivity contribution in [2.75, 3.05) is 0 Å². The van der Waals surface area contributed by atoms with Crippen molar-refractivity contribution >= 4 is 5.78 Å². The molecule has 7 atom stereocenters. The summed E-state index contributed by atoms with van der Waals surface area (Å²) in [5.41, 5.74) is 3.89. The van der Waals surface area contributed by atoms with Gasteiger partial charge < -0.3 is 9.84 Å². The van der Waals surface area contributed by atoms with Gasteiger partial charge in [-0.05, 0) is 86.5 Å². The van der Waals surface area contributed by atoms with Crippen LogP contribution in [-0.2, 0) is 16.1 Å². The van der Waals surface area contributed by atoms with E-state index in [-0.39, 0.29) is 16.2 Å². The maximum atomic E-state index is 12.7. The second-order valence-electron chi connectivity index (χ2n) is 12.5. The quantitative estimate of drug-likeness (QED) is 0.407. The second kappa shape index (κ2) is 7.78. The highest BCUT2D eigenvalue weighted by Gasteiger charge is 2.64. The molecule has 0 amide bonds. The van der Waals surface area contributed by atoms with Gasteiger partial charge >= 0.3 is 0 Å². The number of allylic oxidation sites excluding steroid dienone is 1. The summed E-state index contributed by atoms with van der Waals surface area (Å²) in [4.78, 5) is 12.7. The molecule has 1 aromatic rings. The number of aliphatic hydroxyl groups is 1. The molecular formula is C30H42O3. The third-order valence-electron chi connectivity index (χ3n) is 11.1. The number of Topliss-reactive ketones (excluding diaryl/α,β-unsaturated/α-hetero) is 1. The fourth-order valence-electron chi connectivity index (χ4n) is 8.49. The van der Waals surface area contributed by atoms with Crippen molar-refractivity contribution in [3.63, 3.8) is 0 Å². The van der Waals surface area contributed by atoms with Crippen LogP contribution in [0, 0.1) is 40.9 Å². The summed E-state index contributed by atoms with van der Waals surface area (Å²) in [6.07, 6.45) is 10.5. The van der Waals surface area contributed by atoms with E-state index in [0.717, 1.165) is 31.2 Å². The molecule has 3 fully saturated rings. The van der Waals surface area contributed by atoms with Gasteiger partial charge in [-0.3, -0.25) is 4.79 Å². The maximum absolute atomic E-state index is 12.7. The minimum Gasteiger partial charge on any atom is -0.365 e. The standard InChI is InChI=1S/C30H42O3/c1-20-6-8-22(9-7-20)19-33-30(32)17-16-27(3)23(18-30)10-11-24-25(27)12-15-29(5)26(24)13-14-28(29,4)21(2)31/h6-10,24-26,32H,11-19H2,1-5H3/t24-,25+,26+,27+,28-,29+,30-/m1/s1. The average Bonchev–Trinajstić information content (AvgIpc) is 3.06. The summed E-state index contributed by atoms with van der Waals surface area (Å²) >= 11 is 0. The maximum Gasteiger partial charge on any atom is 0.169 e. The third kappa shape index (κ3) is 3.48. The van der Waals surface area contributed by atoms with Crippen molar-refractivity contribution in [2.45, 2.75) is 98.4 Å².